The van der Waals surface area contributed by atoms with E-state index in [1.165, 1.54) is 18.2 Å². The maximum atomic E-state index is 13.9. The van der Waals surface area contributed by atoms with Crippen LogP contribution in [-0.2, 0) is 13.1 Å². The Hall–Kier alpha value is -2.71. The van der Waals surface area contributed by atoms with Gasteiger partial charge in [-0.3, -0.25) is 9.69 Å². The molecule has 3 aromatic rings. The van der Waals surface area contributed by atoms with Crippen molar-refractivity contribution in [1.29, 1.82) is 0 Å². The molecule has 2 aliphatic rings. The Balaban J connectivity index is 1.40. The standard InChI is InChI=1S/C22H23ClFN5O2/c1-12-20(23)13(2)29-21(25-12)17-9-28(10-18(17)26-29)22(30)16-5-4-14(24)8-19(16)31-11-15-6-7-27(15)3/h4-5,8,15H,6-7,9-11H2,1-3H3/t15-/m0/s1. The zero-order valence-electron chi connectivity index (χ0n) is 17.7. The van der Waals surface area contributed by atoms with Crippen LogP contribution in [0.5, 0.6) is 5.75 Å². The quantitative estimate of drug-likeness (QED) is 0.618. The first kappa shape index (κ1) is 20.2. The summed E-state index contributed by atoms with van der Waals surface area (Å²) in [6.45, 7) is 5.95. The van der Waals surface area contributed by atoms with E-state index in [1.54, 1.807) is 9.42 Å². The molecule has 0 unspecified atom stereocenters. The van der Waals surface area contributed by atoms with Gasteiger partial charge in [0.2, 0.25) is 0 Å². The third-order valence-corrected chi connectivity index (χ3v) is 6.83. The number of carbonyl (C=O) groups excluding carboxylic acids is 1. The smallest absolute Gasteiger partial charge is 0.258 e. The van der Waals surface area contributed by atoms with Crippen molar-refractivity contribution in [3.05, 3.63) is 57.2 Å². The molecule has 0 saturated carbocycles. The monoisotopic (exact) mass is 443 g/mol. The molecule has 0 spiro atoms. The summed E-state index contributed by atoms with van der Waals surface area (Å²) in [6.07, 6.45) is 1.03. The molecular weight excluding hydrogens is 421 g/mol. The predicted octanol–water partition coefficient (Wildman–Crippen LogP) is 3.38. The van der Waals surface area contributed by atoms with Crippen molar-refractivity contribution < 1.29 is 13.9 Å². The molecule has 0 aliphatic carbocycles. The maximum absolute atomic E-state index is 13.9. The van der Waals surface area contributed by atoms with Crippen molar-refractivity contribution in [1.82, 2.24) is 24.4 Å². The second-order valence-electron chi connectivity index (χ2n) is 8.29. The first-order valence-electron chi connectivity index (χ1n) is 10.3. The number of hydrogen-bond donors (Lipinski definition) is 0. The van der Waals surface area contributed by atoms with Crippen LogP contribution in [0.2, 0.25) is 5.02 Å². The number of fused-ring (bicyclic) bond motifs is 3. The van der Waals surface area contributed by atoms with Gasteiger partial charge >= 0.3 is 0 Å². The lowest BCUT2D eigenvalue weighted by molar-refractivity contribution is 0.0701. The first-order chi connectivity index (χ1) is 14.8. The van der Waals surface area contributed by atoms with Crippen molar-refractivity contribution in [3.63, 3.8) is 0 Å². The minimum Gasteiger partial charge on any atom is -0.491 e. The molecule has 4 heterocycles. The van der Waals surface area contributed by atoms with E-state index in [-0.39, 0.29) is 11.7 Å². The fourth-order valence-electron chi connectivity index (χ4n) is 4.19. The van der Waals surface area contributed by atoms with Gasteiger partial charge in [0.1, 0.15) is 18.2 Å². The number of benzene rings is 1. The molecule has 1 fully saturated rings. The lowest BCUT2D eigenvalue weighted by atomic mass is 10.1. The van der Waals surface area contributed by atoms with Crippen molar-refractivity contribution in [3.8, 4) is 5.75 Å². The van der Waals surface area contributed by atoms with Crippen LogP contribution in [0, 0.1) is 19.7 Å². The third kappa shape index (κ3) is 3.34. The number of hydrogen-bond acceptors (Lipinski definition) is 5. The van der Waals surface area contributed by atoms with E-state index >= 15 is 0 Å². The predicted molar refractivity (Wildman–Crippen MR) is 114 cm³/mol. The summed E-state index contributed by atoms with van der Waals surface area (Å²) < 4.78 is 21.5. The van der Waals surface area contributed by atoms with E-state index in [0.717, 1.165) is 35.6 Å². The molecule has 31 heavy (non-hydrogen) atoms. The molecule has 5 rings (SSSR count). The molecule has 0 bridgehead atoms. The van der Waals surface area contributed by atoms with Gasteiger partial charge in [-0.15, -0.1) is 0 Å². The fourth-order valence-corrected chi connectivity index (χ4v) is 4.31. The van der Waals surface area contributed by atoms with E-state index in [4.69, 9.17) is 16.3 Å². The van der Waals surface area contributed by atoms with Crippen molar-refractivity contribution in [2.24, 2.45) is 0 Å². The van der Waals surface area contributed by atoms with Crippen LogP contribution in [0.4, 0.5) is 4.39 Å². The minimum atomic E-state index is -0.428. The zero-order valence-corrected chi connectivity index (χ0v) is 18.4. The van der Waals surface area contributed by atoms with Gasteiger partial charge in [-0.25, -0.2) is 13.9 Å². The van der Waals surface area contributed by atoms with Crippen molar-refractivity contribution in [2.75, 3.05) is 20.2 Å². The molecular formula is C22H23ClFN5O2. The summed E-state index contributed by atoms with van der Waals surface area (Å²) in [7, 11) is 2.02. The molecule has 2 aromatic heterocycles. The van der Waals surface area contributed by atoms with Crippen LogP contribution in [0.1, 0.15) is 39.4 Å². The van der Waals surface area contributed by atoms with Crippen LogP contribution in [0.3, 0.4) is 0 Å². The summed E-state index contributed by atoms with van der Waals surface area (Å²) in [5.41, 5.74) is 4.34. The van der Waals surface area contributed by atoms with Gasteiger partial charge in [-0.2, -0.15) is 5.10 Å². The molecule has 9 heteroatoms. The third-order valence-electron chi connectivity index (χ3n) is 6.29. The van der Waals surface area contributed by atoms with Gasteiger partial charge in [-0.1, -0.05) is 11.6 Å². The lowest BCUT2D eigenvalue weighted by Crippen LogP contribution is -2.48. The Morgan fingerprint density at radius 2 is 2.13 bits per heavy atom. The second-order valence-corrected chi connectivity index (χ2v) is 8.67. The van der Waals surface area contributed by atoms with Gasteiger partial charge in [0, 0.05) is 17.7 Å². The highest BCUT2D eigenvalue weighted by Gasteiger charge is 2.32. The molecule has 0 N–H and O–H groups in total. The molecule has 162 valence electrons. The number of amides is 1. The highest BCUT2D eigenvalue weighted by atomic mass is 35.5. The summed E-state index contributed by atoms with van der Waals surface area (Å²) >= 11 is 6.31. The Bertz CT molecular complexity index is 1210. The van der Waals surface area contributed by atoms with Crippen LogP contribution >= 0.6 is 11.6 Å². The number of likely N-dealkylation sites (N-methyl/N-ethyl adjacent to an activating group) is 1. The molecule has 1 amide bonds. The Labute approximate surface area is 184 Å². The summed E-state index contributed by atoms with van der Waals surface area (Å²) in [4.78, 5) is 21.8. The molecule has 0 radical (unpaired) electrons. The zero-order chi connectivity index (χ0) is 21.9. The average molecular weight is 444 g/mol. The molecule has 1 aromatic carbocycles. The normalized spacial score (nSPS) is 18.4. The van der Waals surface area contributed by atoms with E-state index in [9.17, 15) is 9.18 Å². The largest absolute Gasteiger partial charge is 0.491 e. The van der Waals surface area contributed by atoms with Gasteiger partial charge < -0.3 is 9.64 Å². The number of likely N-dealkylation sites (tertiary alicyclic amines) is 1. The number of carbonyl (C=O) groups is 1. The summed E-state index contributed by atoms with van der Waals surface area (Å²) in [5.74, 6) is -0.362. The SMILES string of the molecule is Cc1nc2c3c(nn2c(C)c1Cl)CN(C(=O)c1ccc(F)cc1OC[C@@H]1CCN1C)C3. The van der Waals surface area contributed by atoms with E-state index < -0.39 is 5.82 Å². The van der Waals surface area contributed by atoms with Crippen LogP contribution < -0.4 is 4.74 Å². The van der Waals surface area contributed by atoms with Crippen molar-refractivity contribution in [2.45, 2.75) is 39.4 Å². The number of aromatic nitrogens is 3. The van der Waals surface area contributed by atoms with Gasteiger partial charge in [0.25, 0.3) is 5.91 Å². The van der Waals surface area contributed by atoms with E-state index in [2.05, 4.69) is 15.0 Å². The van der Waals surface area contributed by atoms with E-state index in [0.29, 0.717) is 42.0 Å². The highest BCUT2D eigenvalue weighted by molar-refractivity contribution is 6.31. The topological polar surface area (TPSA) is 63.0 Å². The Kier molecular flexibility index (Phi) is 4.86. The van der Waals surface area contributed by atoms with Crippen LogP contribution in [-0.4, -0.2) is 56.5 Å². The first-order valence-corrected chi connectivity index (χ1v) is 10.7. The molecule has 1 atom stereocenters. The molecule has 2 aliphatic heterocycles. The minimum absolute atomic E-state index is 0.212. The molecule has 7 nitrogen and oxygen atoms in total. The average Bonchev–Trinajstić information content (AvgIpc) is 3.30. The van der Waals surface area contributed by atoms with Crippen molar-refractivity contribution >= 4 is 23.2 Å². The number of aryl methyl sites for hydroxylation is 2. The Morgan fingerprint density at radius 3 is 2.84 bits per heavy atom. The summed E-state index contributed by atoms with van der Waals surface area (Å²) in [5, 5.41) is 5.21. The number of rotatable bonds is 4. The molecule has 1 saturated heterocycles. The van der Waals surface area contributed by atoms with Crippen LogP contribution in [0.15, 0.2) is 18.2 Å². The van der Waals surface area contributed by atoms with Gasteiger partial charge in [-0.05, 0) is 46.0 Å². The fraction of sp³-hybridized carbons (Fsp3) is 0.409. The number of halogens is 2. The van der Waals surface area contributed by atoms with Gasteiger partial charge in [0.15, 0.2) is 5.65 Å². The van der Waals surface area contributed by atoms with E-state index in [1.807, 2.05) is 20.9 Å². The number of nitrogens with zero attached hydrogens (tertiary/aromatic N) is 5. The van der Waals surface area contributed by atoms with Gasteiger partial charge in [0.05, 0.1) is 40.8 Å². The maximum Gasteiger partial charge on any atom is 0.258 e. The highest BCUT2D eigenvalue weighted by Crippen LogP contribution is 2.31. The van der Waals surface area contributed by atoms with Crippen LogP contribution in [0.25, 0.3) is 5.65 Å². The second kappa shape index (κ2) is 7.46. The Morgan fingerprint density at radius 1 is 1.32 bits per heavy atom. The summed E-state index contributed by atoms with van der Waals surface area (Å²) in [6, 6.07) is 4.36. The number of ether oxygens (including phenoxy) is 1. The lowest BCUT2D eigenvalue weighted by Gasteiger charge is -2.37.